The molecule has 2 rings (SSSR count). The summed E-state index contributed by atoms with van der Waals surface area (Å²) in [6.45, 7) is 5.41. The molecule has 1 aromatic rings. The first kappa shape index (κ1) is 12.4. The maximum atomic E-state index is 4.55. The molecule has 90 valence electrons. The number of hydrogen-bond acceptors (Lipinski definition) is 4. The molecular formula is C12H20N2S2. The Bertz CT molecular complexity index is 319. The van der Waals surface area contributed by atoms with Crippen molar-refractivity contribution in [3.05, 3.63) is 16.1 Å². The van der Waals surface area contributed by atoms with Gasteiger partial charge in [-0.15, -0.1) is 11.3 Å². The fourth-order valence-electron chi connectivity index (χ4n) is 1.93. The Morgan fingerprint density at radius 3 is 2.88 bits per heavy atom. The van der Waals surface area contributed by atoms with Gasteiger partial charge < -0.3 is 5.32 Å². The molecule has 0 aliphatic carbocycles. The highest BCUT2D eigenvalue weighted by Crippen LogP contribution is 2.21. The smallest absolute Gasteiger partial charge is 0.0969 e. The second-order valence-corrected chi connectivity index (χ2v) is 6.64. The lowest BCUT2D eigenvalue weighted by Crippen LogP contribution is -2.34. The molecule has 1 saturated heterocycles. The molecule has 16 heavy (non-hydrogen) atoms. The molecule has 1 N–H and O–H groups in total. The van der Waals surface area contributed by atoms with Gasteiger partial charge in [-0.2, -0.15) is 11.8 Å². The first-order valence-corrected chi connectivity index (χ1v) is 8.02. The lowest BCUT2D eigenvalue weighted by Gasteiger charge is -2.23. The molecule has 0 amide bonds. The van der Waals surface area contributed by atoms with E-state index in [0.29, 0.717) is 5.92 Å². The Morgan fingerprint density at radius 2 is 2.25 bits per heavy atom. The Hall–Kier alpha value is -0.0600. The summed E-state index contributed by atoms with van der Waals surface area (Å²) in [7, 11) is 0. The molecule has 1 aliphatic rings. The van der Waals surface area contributed by atoms with E-state index in [4.69, 9.17) is 0 Å². The fourth-order valence-corrected chi connectivity index (χ4v) is 3.89. The summed E-state index contributed by atoms with van der Waals surface area (Å²) in [5.74, 6) is 3.19. The molecule has 2 nitrogen and oxygen atoms in total. The number of nitrogens with zero attached hydrogens (tertiary/aromatic N) is 1. The van der Waals surface area contributed by atoms with Gasteiger partial charge in [0.05, 0.1) is 5.01 Å². The number of aromatic nitrogens is 1. The maximum absolute atomic E-state index is 4.55. The van der Waals surface area contributed by atoms with E-state index in [9.17, 15) is 0 Å². The lowest BCUT2D eigenvalue weighted by atomic mass is 10.1. The highest BCUT2D eigenvalue weighted by Gasteiger charge is 2.15. The van der Waals surface area contributed by atoms with Crippen LogP contribution < -0.4 is 5.32 Å². The van der Waals surface area contributed by atoms with Crippen LogP contribution in [0.3, 0.4) is 0 Å². The van der Waals surface area contributed by atoms with Crippen LogP contribution in [0, 0.1) is 6.92 Å². The standard InChI is InChI=1S/C12H20N2S2/c1-9(12-14-10(2)8-16-12)7-13-11-3-5-15-6-4-11/h8-9,11,13H,3-7H2,1-2H3. The van der Waals surface area contributed by atoms with E-state index >= 15 is 0 Å². The molecule has 0 spiro atoms. The lowest BCUT2D eigenvalue weighted by molar-refractivity contribution is 0.465. The zero-order chi connectivity index (χ0) is 11.4. The normalized spacial score (nSPS) is 19.9. The first-order chi connectivity index (χ1) is 7.75. The zero-order valence-electron chi connectivity index (χ0n) is 10.0. The van der Waals surface area contributed by atoms with E-state index in [-0.39, 0.29) is 0 Å². The van der Waals surface area contributed by atoms with Gasteiger partial charge >= 0.3 is 0 Å². The molecular weight excluding hydrogens is 236 g/mol. The molecule has 0 bridgehead atoms. The minimum absolute atomic E-state index is 0.549. The SMILES string of the molecule is Cc1csc(C(C)CNC2CCSCC2)n1. The second-order valence-electron chi connectivity index (χ2n) is 4.52. The van der Waals surface area contributed by atoms with Crippen LogP contribution in [0.15, 0.2) is 5.38 Å². The number of aryl methyl sites for hydroxylation is 1. The predicted molar refractivity (Wildman–Crippen MR) is 73.6 cm³/mol. The molecule has 0 aromatic carbocycles. The van der Waals surface area contributed by atoms with Gasteiger partial charge in [0, 0.05) is 29.6 Å². The van der Waals surface area contributed by atoms with Crippen LogP contribution in [0.2, 0.25) is 0 Å². The van der Waals surface area contributed by atoms with Crippen molar-refractivity contribution in [3.63, 3.8) is 0 Å². The third kappa shape index (κ3) is 3.47. The molecule has 4 heteroatoms. The van der Waals surface area contributed by atoms with Crippen molar-refractivity contribution >= 4 is 23.1 Å². The van der Waals surface area contributed by atoms with Gasteiger partial charge in [0.15, 0.2) is 0 Å². The molecule has 1 fully saturated rings. The summed E-state index contributed by atoms with van der Waals surface area (Å²) in [4.78, 5) is 4.55. The zero-order valence-corrected chi connectivity index (χ0v) is 11.7. The van der Waals surface area contributed by atoms with E-state index in [1.54, 1.807) is 11.3 Å². The van der Waals surface area contributed by atoms with E-state index in [1.807, 2.05) is 0 Å². The molecule has 1 unspecified atom stereocenters. The number of hydrogen-bond donors (Lipinski definition) is 1. The average Bonchev–Trinajstić information content (AvgIpc) is 2.74. The summed E-state index contributed by atoms with van der Waals surface area (Å²) in [6, 6.07) is 0.741. The summed E-state index contributed by atoms with van der Waals surface area (Å²) >= 11 is 3.87. The van der Waals surface area contributed by atoms with Gasteiger partial charge in [0.25, 0.3) is 0 Å². The Labute approximate surface area is 106 Å². The molecule has 1 atom stereocenters. The van der Waals surface area contributed by atoms with Crippen molar-refractivity contribution in [1.29, 1.82) is 0 Å². The van der Waals surface area contributed by atoms with E-state index in [0.717, 1.165) is 18.3 Å². The molecule has 0 radical (unpaired) electrons. The fraction of sp³-hybridized carbons (Fsp3) is 0.750. The van der Waals surface area contributed by atoms with Gasteiger partial charge in [0.2, 0.25) is 0 Å². The number of thioether (sulfide) groups is 1. The first-order valence-electron chi connectivity index (χ1n) is 5.99. The predicted octanol–water partition coefficient (Wildman–Crippen LogP) is 3.04. The quantitative estimate of drug-likeness (QED) is 0.896. The van der Waals surface area contributed by atoms with Crippen LogP contribution in [-0.4, -0.2) is 29.1 Å². The summed E-state index contributed by atoms with van der Waals surface area (Å²) in [6.07, 6.45) is 2.66. The van der Waals surface area contributed by atoms with E-state index < -0.39 is 0 Å². The van der Waals surface area contributed by atoms with Crippen LogP contribution in [0.4, 0.5) is 0 Å². The van der Waals surface area contributed by atoms with Crippen LogP contribution >= 0.6 is 23.1 Å². The molecule has 1 aromatic heterocycles. The molecule has 0 saturated carbocycles. The maximum Gasteiger partial charge on any atom is 0.0969 e. The molecule has 1 aliphatic heterocycles. The van der Waals surface area contributed by atoms with E-state index in [2.05, 4.69) is 41.3 Å². The van der Waals surface area contributed by atoms with Crippen molar-refractivity contribution in [2.75, 3.05) is 18.1 Å². The monoisotopic (exact) mass is 256 g/mol. The van der Waals surface area contributed by atoms with Gasteiger partial charge in [-0.3, -0.25) is 0 Å². The van der Waals surface area contributed by atoms with Crippen LogP contribution in [0.1, 0.15) is 36.4 Å². The van der Waals surface area contributed by atoms with Crippen molar-refractivity contribution < 1.29 is 0 Å². The summed E-state index contributed by atoms with van der Waals surface area (Å²) < 4.78 is 0. The highest BCUT2D eigenvalue weighted by atomic mass is 32.2. The number of rotatable bonds is 4. The average molecular weight is 256 g/mol. The van der Waals surface area contributed by atoms with Crippen LogP contribution in [0.25, 0.3) is 0 Å². The largest absolute Gasteiger partial charge is 0.313 e. The topological polar surface area (TPSA) is 24.9 Å². The van der Waals surface area contributed by atoms with Gasteiger partial charge in [-0.05, 0) is 31.3 Å². The minimum Gasteiger partial charge on any atom is -0.313 e. The van der Waals surface area contributed by atoms with Gasteiger partial charge in [-0.1, -0.05) is 6.92 Å². The molecule has 2 heterocycles. The second kappa shape index (κ2) is 6.03. The number of thiazole rings is 1. The van der Waals surface area contributed by atoms with Crippen LogP contribution in [0.5, 0.6) is 0 Å². The van der Waals surface area contributed by atoms with Gasteiger partial charge in [0.1, 0.15) is 0 Å². The third-order valence-electron chi connectivity index (χ3n) is 2.99. The van der Waals surface area contributed by atoms with Gasteiger partial charge in [-0.25, -0.2) is 4.98 Å². The van der Waals surface area contributed by atoms with E-state index in [1.165, 1.54) is 29.4 Å². The Kier molecular flexibility index (Phi) is 4.67. The Morgan fingerprint density at radius 1 is 1.50 bits per heavy atom. The Balaban J connectivity index is 1.76. The minimum atomic E-state index is 0.549. The van der Waals surface area contributed by atoms with Crippen molar-refractivity contribution in [2.45, 2.75) is 38.6 Å². The van der Waals surface area contributed by atoms with Crippen LogP contribution in [-0.2, 0) is 0 Å². The van der Waals surface area contributed by atoms with Crippen molar-refractivity contribution in [1.82, 2.24) is 10.3 Å². The summed E-state index contributed by atoms with van der Waals surface area (Å²) in [5, 5.41) is 7.10. The van der Waals surface area contributed by atoms with Crippen molar-refractivity contribution in [3.8, 4) is 0 Å². The number of nitrogens with one attached hydrogen (secondary N) is 1. The van der Waals surface area contributed by atoms with Crippen molar-refractivity contribution in [2.24, 2.45) is 0 Å². The summed E-state index contributed by atoms with van der Waals surface area (Å²) in [5.41, 5.74) is 1.15. The third-order valence-corrected chi connectivity index (χ3v) is 5.24. The highest BCUT2D eigenvalue weighted by molar-refractivity contribution is 7.99.